The standard InChI is InChI=1S/C63H42N4/c1-63(2)58-16-8-7-15-56(58)57-26-25-49(37-59(57)63)61-65-60(40-19-17-39(18-20-40)50-14-9-27-64-38-50)66-62(67-61)55-35-53(47-23-21-45-28-41-10-3-5-12-43(41)30-51(45)32-47)34-54(36-55)48-24-22-46-29-42-11-4-6-13-44(42)31-52(46)33-48/h3-38H,1-2H3. The van der Waals surface area contributed by atoms with Gasteiger partial charge in [0.25, 0.3) is 0 Å². The molecule has 67 heavy (non-hydrogen) atoms. The molecular weight excluding hydrogens is 813 g/mol. The molecule has 4 nitrogen and oxygen atoms in total. The Labute approximate surface area is 389 Å². The van der Waals surface area contributed by atoms with Crippen LogP contribution < -0.4 is 0 Å². The van der Waals surface area contributed by atoms with Crippen LogP contribution in [0.3, 0.4) is 0 Å². The van der Waals surface area contributed by atoms with Gasteiger partial charge < -0.3 is 0 Å². The van der Waals surface area contributed by atoms with Gasteiger partial charge in [0.1, 0.15) is 0 Å². The van der Waals surface area contributed by atoms with Crippen LogP contribution in [-0.4, -0.2) is 19.9 Å². The first-order chi connectivity index (χ1) is 32.9. The van der Waals surface area contributed by atoms with Crippen molar-refractivity contribution in [2.45, 2.75) is 19.3 Å². The summed E-state index contributed by atoms with van der Waals surface area (Å²) in [7, 11) is 0. The van der Waals surface area contributed by atoms with Gasteiger partial charge >= 0.3 is 0 Å². The Morgan fingerprint density at radius 2 is 0.746 bits per heavy atom. The van der Waals surface area contributed by atoms with Gasteiger partial charge in [-0.25, -0.2) is 15.0 Å². The van der Waals surface area contributed by atoms with Crippen LogP contribution >= 0.6 is 0 Å². The molecule has 13 rings (SSSR count). The Morgan fingerprint density at radius 1 is 0.284 bits per heavy atom. The van der Waals surface area contributed by atoms with Gasteiger partial charge in [-0.3, -0.25) is 4.98 Å². The van der Waals surface area contributed by atoms with Crippen molar-refractivity contribution in [2.75, 3.05) is 0 Å². The van der Waals surface area contributed by atoms with Crippen molar-refractivity contribution in [1.82, 2.24) is 19.9 Å². The highest BCUT2D eigenvalue weighted by atomic mass is 15.0. The molecule has 4 heteroatoms. The van der Waals surface area contributed by atoms with E-state index in [1.54, 1.807) is 6.20 Å². The molecule has 314 valence electrons. The van der Waals surface area contributed by atoms with Gasteiger partial charge in [-0.15, -0.1) is 0 Å². The minimum absolute atomic E-state index is 0.176. The van der Waals surface area contributed by atoms with Gasteiger partial charge in [-0.2, -0.15) is 0 Å². The van der Waals surface area contributed by atoms with Gasteiger partial charge in [0.05, 0.1) is 0 Å². The largest absolute Gasteiger partial charge is 0.264 e. The lowest BCUT2D eigenvalue weighted by molar-refractivity contribution is 0.660. The summed E-state index contributed by atoms with van der Waals surface area (Å²) < 4.78 is 0. The maximum absolute atomic E-state index is 5.39. The van der Waals surface area contributed by atoms with E-state index in [1.807, 2.05) is 12.3 Å². The number of aromatic nitrogens is 4. The zero-order valence-corrected chi connectivity index (χ0v) is 37.1. The number of benzene rings is 10. The summed E-state index contributed by atoms with van der Waals surface area (Å²) in [6.45, 7) is 4.63. The summed E-state index contributed by atoms with van der Waals surface area (Å²) in [5.74, 6) is 1.86. The normalized spacial score (nSPS) is 12.7. The lowest BCUT2D eigenvalue weighted by Crippen LogP contribution is -2.15. The highest BCUT2D eigenvalue weighted by molar-refractivity contribution is 6.02. The molecule has 2 heterocycles. The van der Waals surface area contributed by atoms with Crippen LogP contribution in [0, 0.1) is 0 Å². The number of rotatable bonds is 6. The van der Waals surface area contributed by atoms with Gasteiger partial charge in [-0.05, 0) is 165 Å². The van der Waals surface area contributed by atoms with E-state index >= 15 is 0 Å². The van der Waals surface area contributed by atoms with Crippen molar-refractivity contribution in [1.29, 1.82) is 0 Å². The van der Waals surface area contributed by atoms with E-state index in [9.17, 15) is 0 Å². The number of hydrogen-bond donors (Lipinski definition) is 0. The average Bonchev–Trinajstić information content (AvgIpc) is 3.62. The minimum Gasteiger partial charge on any atom is -0.264 e. The van der Waals surface area contributed by atoms with Crippen molar-refractivity contribution >= 4 is 43.1 Å². The maximum Gasteiger partial charge on any atom is 0.164 e. The van der Waals surface area contributed by atoms with E-state index in [0.29, 0.717) is 17.5 Å². The molecule has 2 aromatic heterocycles. The molecule has 10 aromatic carbocycles. The van der Waals surface area contributed by atoms with E-state index in [0.717, 1.165) is 50.1 Å². The summed E-state index contributed by atoms with van der Waals surface area (Å²) >= 11 is 0. The molecule has 12 aromatic rings. The predicted molar refractivity (Wildman–Crippen MR) is 278 cm³/mol. The smallest absolute Gasteiger partial charge is 0.164 e. The highest BCUT2D eigenvalue weighted by Gasteiger charge is 2.35. The molecule has 0 atom stereocenters. The topological polar surface area (TPSA) is 51.6 Å². The lowest BCUT2D eigenvalue weighted by Gasteiger charge is -2.21. The van der Waals surface area contributed by atoms with E-state index in [1.165, 1.54) is 65.3 Å². The maximum atomic E-state index is 5.39. The average molecular weight is 855 g/mol. The van der Waals surface area contributed by atoms with Crippen LogP contribution in [0.5, 0.6) is 0 Å². The summed E-state index contributed by atoms with van der Waals surface area (Å²) in [6, 6.07) is 74.7. The fraction of sp³-hybridized carbons (Fsp3) is 0.0476. The molecule has 0 radical (unpaired) electrons. The SMILES string of the molecule is CC1(C)c2ccccc2-c2ccc(-c3nc(-c4ccc(-c5cccnc5)cc4)nc(-c4cc(-c5ccc6cc7ccccc7cc6c5)cc(-c5ccc6cc7ccccc7cc6c5)c4)n3)cc21. The van der Waals surface area contributed by atoms with Crippen molar-refractivity contribution in [3.05, 3.63) is 230 Å². The van der Waals surface area contributed by atoms with Crippen LogP contribution in [-0.2, 0) is 5.41 Å². The monoisotopic (exact) mass is 854 g/mol. The third kappa shape index (κ3) is 6.76. The summed E-state index contributed by atoms with van der Waals surface area (Å²) in [5, 5.41) is 9.74. The Hall–Kier alpha value is -8.60. The summed E-state index contributed by atoms with van der Waals surface area (Å²) in [4.78, 5) is 20.4. The fourth-order valence-corrected chi connectivity index (χ4v) is 10.3. The molecule has 0 amide bonds. The summed E-state index contributed by atoms with van der Waals surface area (Å²) in [6.07, 6.45) is 3.69. The molecule has 1 aliphatic carbocycles. The number of hydrogen-bond acceptors (Lipinski definition) is 4. The molecule has 0 spiro atoms. The molecule has 1 aliphatic rings. The van der Waals surface area contributed by atoms with Gasteiger partial charge in [-0.1, -0.05) is 153 Å². The lowest BCUT2D eigenvalue weighted by atomic mass is 9.82. The Bertz CT molecular complexity index is 3810. The van der Waals surface area contributed by atoms with Crippen LogP contribution in [0.15, 0.2) is 219 Å². The third-order valence-electron chi connectivity index (χ3n) is 13.9. The van der Waals surface area contributed by atoms with Crippen LogP contribution in [0.2, 0.25) is 0 Å². The van der Waals surface area contributed by atoms with Crippen LogP contribution in [0.4, 0.5) is 0 Å². The third-order valence-corrected chi connectivity index (χ3v) is 13.9. The first-order valence-corrected chi connectivity index (χ1v) is 22.9. The Balaban J connectivity index is 1.01. The van der Waals surface area contributed by atoms with E-state index in [-0.39, 0.29) is 5.41 Å². The minimum atomic E-state index is -0.176. The molecule has 0 bridgehead atoms. The second kappa shape index (κ2) is 15.3. The van der Waals surface area contributed by atoms with Crippen molar-refractivity contribution in [3.63, 3.8) is 0 Å². The second-order valence-corrected chi connectivity index (χ2v) is 18.4. The van der Waals surface area contributed by atoms with Crippen LogP contribution in [0.25, 0.3) is 122 Å². The Kier molecular flexibility index (Phi) is 8.84. The van der Waals surface area contributed by atoms with Crippen molar-refractivity contribution in [3.8, 4) is 78.7 Å². The van der Waals surface area contributed by atoms with Gasteiger partial charge in [0.2, 0.25) is 0 Å². The first-order valence-electron chi connectivity index (χ1n) is 22.9. The molecular formula is C63H42N4. The molecule has 0 N–H and O–H groups in total. The number of fused-ring (bicyclic) bond motifs is 7. The Morgan fingerprint density at radius 3 is 1.34 bits per heavy atom. The number of pyridine rings is 1. The van der Waals surface area contributed by atoms with E-state index < -0.39 is 0 Å². The van der Waals surface area contributed by atoms with Crippen molar-refractivity contribution in [2.24, 2.45) is 0 Å². The fourth-order valence-electron chi connectivity index (χ4n) is 10.3. The number of nitrogens with zero attached hydrogens (tertiary/aromatic N) is 4. The van der Waals surface area contributed by atoms with E-state index in [2.05, 4.69) is 219 Å². The first kappa shape index (κ1) is 38.8. The second-order valence-electron chi connectivity index (χ2n) is 18.4. The van der Waals surface area contributed by atoms with E-state index in [4.69, 9.17) is 15.0 Å². The molecule has 0 aliphatic heterocycles. The van der Waals surface area contributed by atoms with Gasteiger partial charge in [0, 0.05) is 34.5 Å². The van der Waals surface area contributed by atoms with Gasteiger partial charge in [0.15, 0.2) is 17.5 Å². The predicted octanol–water partition coefficient (Wildman–Crippen LogP) is 16.2. The zero-order valence-electron chi connectivity index (χ0n) is 37.1. The van der Waals surface area contributed by atoms with Crippen molar-refractivity contribution < 1.29 is 0 Å². The highest BCUT2D eigenvalue weighted by Crippen LogP contribution is 2.49. The van der Waals surface area contributed by atoms with Crippen LogP contribution in [0.1, 0.15) is 25.0 Å². The molecule has 0 saturated heterocycles. The molecule has 0 fully saturated rings. The molecule has 0 saturated carbocycles. The summed E-state index contributed by atoms with van der Waals surface area (Å²) in [5.41, 5.74) is 14.3. The zero-order chi connectivity index (χ0) is 44.6. The molecule has 0 unspecified atom stereocenters. The quantitative estimate of drug-likeness (QED) is 0.156.